The van der Waals surface area contributed by atoms with Crippen molar-refractivity contribution in [2.45, 2.75) is 12.8 Å². The van der Waals surface area contributed by atoms with Gasteiger partial charge in [0.25, 0.3) is 0 Å². The molecular formula is C12H16O2. The van der Waals surface area contributed by atoms with Crippen LogP contribution in [-0.2, 0) is 0 Å². The Kier molecular flexibility index (Phi) is 4.79. The lowest BCUT2D eigenvalue weighted by Crippen LogP contribution is -1.98. The summed E-state index contributed by atoms with van der Waals surface area (Å²) >= 11 is 0. The predicted molar refractivity (Wildman–Crippen MR) is 58.3 cm³/mol. The minimum Gasteiger partial charge on any atom is -0.494 e. The molecule has 0 fully saturated rings. The molecule has 1 N–H and O–H groups in total. The number of hydrogen-bond donors (Lipinski definition) is 1. The van der Waals surface area contributed by atoms with E-state index in [-0.39, 0.29) is 6.61 Å². The second-order valence-corrected chi connectivity index (χ2v) is 3.05. The predicted octanol–water partition coefficient (Wildman–Crippen LogP) is 2.48. The van der Waals surface area contributed by atoms with Gasteiger partial charge in [-0.05, 0) is 30.5 Å². The van der Waals surface area contributed by atoms with Crippen molar-refractivity contribution < 1.29 is 9.84 Å². The first kappa shape index (κ1) is 10.8. The molecule has 2 nitrogen and oxygen atoms in total. The highest BCUT2D eigenvalue weighted by atomic mass is 16.5. The van der Waals surface area contributed by atoms with E-state index in [1.807, 2.05) is 24.3 Å². The standard InChI is InChI=1S/C12H16O2/c1-2-11-5-7-12(8-6-11)14-10-4-3-9-13/h2,5-8,13H,1,3-4,9-10H2. The van der Waals surface area contributed by atoms with E-state index in [9.17, 15) is 0 Å². The van der Waals surface area contributed by atoms with Gasteiger partial charge in [0.15, 0.2) is 0 Å². The zero-order valence-corrected chi connectivity index (χ0v) is 8.28. The molecule has 2 heteroatoms. The van der Waals surface area contributed by atoms with Crippen molar-refractivity contribution in [2.24, 2.45) is 0 Å². The molecule has 0 aliphatic rings. The summed E-state index contributed by atoms with van der Waals surface area (Å²) in [6.45, 7) is 4.57. The maximum Gasteiger partial charge on any atom is 0.119 e. The Hall–Kier alpha value is -1.28. The third-order valence-corrected chi connectivity index (χ3v) is 1.94. The summed E-state index contributed by atoms with van der Waals surface area (Å²) in [5.41, 5.74) is 1.09. The summed E-state index contributed by atoms with van der Waals surface area (Å²) in [4.78, 5) is 0. The van der Waals surface area contributed by atoms with Crippen molar-refractivity contribution in [2.75, 3.05) is 13.2 Å². The first-order valence-electron chi connectivity index (χ1n) is 4.83. The number of benzene rings is 1. The lowest BCUT2D eigenvalue weighted by atomic mass is 10.2. The van der Waals surface area contributed by atoms with Gasteiger partial charge in [0.2, 0.25) is 0 Å². The van der Waals surface area contributed by atoms with Gasteiger partial charge >= 0.3 is 0 Å². The topological polar surface area (TPSA) is 29.5 Å². The van der Waals surface area contributed by atoms with Gasteiger partial charge in [-0.1, -0.05) is 24.8 Å². The zero-order chi connectivity index (χ0) is 10.2. The molecule has 76 valence electrons. The fourth-order valence-corrected chi connectivity index (χ4v) is 1.10. The van der Waals surface area contributed by atoms with Gasteiger partial charge in [-0.25, -0.2) is 0 Å². The van der Waals surface area contributed by atoms with Crippen LogP contribution in [0.1, 0.15) is 18.4 Å². The van der Waals surface area contributed by atoms with Crippen molar-refractivity contribution in [3.05, 3.63) is 36.4 Å². The van der Waals surface area contributed by atoms with Crippen molar-refractivity contribution in [1.82, 2.24) is 0 Å². The fraction of sp³-hybridized carbons (Fsp3) is 0.333. The molecule has 1 rings (SSSR count). The number of aliphatic hydroxyl groups excluding tert-OH is 1. The average molecular weight is 192 g/mol. The molecule has 1 aromatic carbocycles. The molecule has 14 heavy (non-hydrogen) atoms. The SMILES string of the molecule is C=Cc1ccc(OCCCCO)cc1. The largest absolute Gasteiger partial charge is 0.494 e. The average Bonchev–Trinajstić information content (AvgIpc) is 2.25. The molecule has 0 heterocycles. The van der Waals surface area contributed by atoms with Crippen molar-refractivity contribution >= 4 is 6.08 Å². The van der Waals surface area contributed by atoms with Gasteiger partial charge in [-0.3, -0.25) is 0 Å². The summed E-state index contributed by atoms with van der Waals surface area (Å²) < 4.78 is 5.46. The van der Waals surface area contributed by atoms with Crippen LogP contribution in [0.15, 0.2) is 30.8 Å². The summed E-state index contributed by atoms with van der Waals surface area (Å²) in [7, 11) is 0. The van der Waals surface area contributed by atoms with Crippen LogP contribution < -0.4 is 4.74 Å². The Labute approximate surface area is 84.8 Å². The molecule has 0 bridgehead atoms. The molecule has 1 aromatic rings. The monoisotopic (exact) mass is 192 g/mol. The fourth-order valence-electron chi connectivity index (χ4n) is 1.10. The molecule has 0 unspecified atom stereocenters. The van der Waals surface area contributed by atoms with Crippen LogP contribution in [0.5, 0.6) is 5.75 Å². The highest BCUT2D eigenvalue weighted by Gasteiger charge is 1.92. The lowest BCUT2D eigenvalue weighted by Gasteiger charge is -2.05. The van der Waals surface area contributed by atoms with E-state index in [0.29, 0.717) is 6.61 Å². The van der Waals surface area contributed by atoms with Crippen LogP contribution in [0.3, 0.4) is 0 Å². The molecule has 0 radical (unpaired) electrons. The molecule has 0 aliphatic carbocycles. The van der Waals surface area contributed by atoms with Crippen molar-refractivity contribution in [3.63, 3.8) is 0 Å². The molecule has 0 saturated carbocycles. The lowest BCUT2D eigenvalue weighted by molar-refractivity contribution is 0.253. The molecule has 0 aromatic heterocycles. The van der Waals surface area contributed by atoms with E-state index in [1.54, 1.807) is 6.08 Å². The normalized spacial score (nSPS) is 9.79. The number of aliphatic hydroxyl groups is 1. The summed E-state index contributed by atoms with van der Waals surface area (Å²) in [6.07, 6.45) is 3.49. The van der Waals surface area contributed by atoms with Gasteiger partial charge in [0.05, 0.1) is 6.61 Å². The van der Waals surface area contributed by atoms with Gasteiger partial charge < -0.3 is 9.84 Å². The highest BCUT2D eigenvalue weighted by Crippen LogP contribution is 2.12. The number of rotatable bonds is 6. The smallest absolute Gasteiger partial charge is 0.119 e. The Morgan fingerprint density at radius 3 is 2.50 bits per heavy atom. The zero-order valence-electron chi connectivity index (χ0n) is 8.28. The van der Waals surface area contributed by atoms with Crippen LogP contribution >= 0.6 is 0 Å². The maximum atomic E-state index is 8.57. The molecule has 0 spiro atoms. The Morgan fingerprint density at radius 1 is 1.21 bits per heavy atom. The summed E-state index contributed by atoms with van der Waals surface area (Å²) in [5.74, 6) is 0.869. The quantitative estimate of drug-likeness (QED) is 0.702. The first-order chi connectivity index (χ1) is 6.86. The van der Waals surface area contributed by atoms with Gasteiger partial charge in [0.1, 0.15) is 5.75 Å². The second-order valence-electron chi connectivity index (χ2n) is 3.05. The third kappa shape index (κ3) is 3.62. The Morgan fingerprint density at radius 2 is 1.93 bits per heavy atom. The highest BCUT2D eigenvalue weighted by molar-refractivity contribution is 5.48. The van der Waals surface area contributed by atoms with Gasteiger partial charge in [-0.15, -0.1) is 0 Å². The molecule has 0 saturated heterocycles. The molecular weight excluding hydrogens is 176 g/mol. The second kappa shape index (κ2) is 6.22. The Balaban J connectivity index is 2.32. The minimum atomic E-state index is 0.235. The number of hydrogen-bond acceptors (Lipinski definition) is 2. The molecule has 0 aliphatic heterocycles. The van der Waals surface area contributed by atoms with E-state index in [0.717, 1.165) is 24.2 Å². The van der Waals surface area contributed by atoms with Crippen LogP contribution in [0, 0.1) is 0 Å². The van der Waals surface area contributed by atoms with E-state index in [1.165, 1.54) is 0 Å². The first-order valence-corrected chi connectivity index (χ1v) is 4.83. The van der Waals surface area contributed by atoms with Crippen LogP contribution in [0.25, 0.3) is 6.08 Å². The molecule has 0 amide bonds. The Bertz CT molecular complexity index is 264. The van der Waals surface area contributed by atoms with E-state index in [4.69, 9.17) is 9.84 Å². The van der Waals surface area contributed by atoms with Crippen LogP contribution in [0.2, 0.25) is 0 Å². The maximum absolute atomic E-state index is 8.57. The van der Waals surface area contributed by atoms with E-state index in [2.05, 4.69) is 6.58 Å². The van der Waals surface area contributed by atoms with Crippen LogP contribution in [-0.4, -0.2) is 18.3 Å². The van der Waals surface area contributed by atoms with E-state index < -0.39 is 0 Å². The van der Waals surface area contributed by atoms with E-state index >= 15 is 0 Å². The molecule has 0 atom stereocenters. The summed E-state index contributed by atoms with van der Waals surface area (Å²) in [6, 6.07) is 7.79. The third-order valence-electron chi connectivity index (χ3n) is 1.94. The van der Waals surface area contributed by atoms with Gasteiger partial charge in [0, 0.05) is 6.61 Å². The van der Waals surface area contributed by atoms with Crippen LogP contribution in [0.4, 0.5) is 0 Å². The minimum absolute atomic E-state index is 0.235. The summed E-state index contributed by atoms with van der Waals surface area (Å²) in [5, 5.41) is 8.57. The van der Waals surface area contributed by atoms with Crippen molar-refractivity contribution in [3.8, 4) is 5.75 Å². The van der Waals surface area contributed by atoms with Crippen molar-refractivity contribution in [1.29, 1.82) is 0 Å². The number of unbranched alkanes of at least 4 members (excludes halogenated alkanes) is 1. The number of ether oxygens (including phenoxy) is 1. The van der Waals surface area contributed by atoms with Gasteiger partial charge in [-0.2, -0.15) is 0 Å².